The number of unbranched alkanes of at least 4 members (excludes halogenated alkanes) is 1. The zero-order chi connectivity index (χ0) is 13.8. The minimum Gasteiger partial charge on any atom is -0.436 e. The molecule has 0 aromatic rings. The second-order valence-corrected chi connectivity index (χ2v) is 3.63. The highest BCUT2D eigenvalue weighted by Gasteiger charge is 2.38. The summed E-state index contributed by atoms with van der Waals surface area (Å²) in [7, 11) is 0. The number of carbonyl (C=O) groups is 3. The van der Waals surface area contributed by atoms with Crippen molar-refractivity contribution in [3.8, 4) is 0 Å². The van der Waals surface area contributed by atoms with E-state index in [2.05, 4.69) is 4.74 Å². The van der Waals surface area contributed by atoms with E-state index in [-0.39, 0.29) is 19.4 Å². The van der Waals surface area contributed by atoms with E-state index in [9.17, 15) is 27.6 Å². The molecule has 0 aromatic heterocycles. The molecule has 2 N–H and O–H groups in total. The van der Waals surface area contributed by atoms with Crippen molar-refractivity contribution in [1.29, 1.82) is 0 Å². The Morgan fingerprint density at radius 3 is 2.50 bits per heavy atom. The molecule has 1 aliphatic rings. The summed E-state index contributed by atoms with van der Waals surface area (Å²) in [5.41, 5.74) is 0. The van der Waals surface area contributed by atoms with E-state index in [1.54, 1.807) is 5.32 Å². The average molecular weight is 268 g/mol. The fourth-order valence-corrected chi connectivity index (χ4v) is 1.34. The number of ether oxygens (including phenoxy) is 1. The summed E-state index contributed by atoms with van der Waals surface area (Å²) in [6.45, 7) is -0.152. The van der Waals surface area contributed by atoms with Crippen molar-refractivity contribution in [1.82, 2.24) is 10.6 Å². The second-order valence-electron chi connectivity index (χ2n) is 3.63. The van der Waals surface area contributed by atoms with E-state index in [1.165, 1.54) is 0 Å². The molecule has 3 amide bonds. The van der Waals surface area contributed by atoms with Crippen LogP contribution in [0.15, 0.2) is 0 Å². The van der Waals surface area contributed by atoms with E-state index in [0.29, 0.717) is 6.42 Å². The maximum Gasteiger partial charge on any atom is 0.471 e. The maximum atomic E-state index is 11.8. The van der Waals surface area contributed by atoms with Crippen molar-refractivity contribution in [2.45, 2.75) is 31.5 Å². The molecule has 1 saturated heterocycles. The Bertz CT molecular complexity index is 356. The van der Waals surface area contributed by atoms with Crippen LogP contribution in [-0.4, -0.2) is 36.7 Å². The number of nitrogens with one attached hydrogen (secondary N) is 2. The monoisotopic (exact) mass is 268 g/mol. The SMILES string of the molecule is O=C1NC(=O)[C@H](CCCCNC(=O)C(F)(F)F)O1. The zero-order valence-corrected chi connectivity index (χ0v) is 9.17. The van der Waals surface area contributed by atoms with Crippen molar-refractivity contribution in [3.63, 3.8) is 0 Å². The van der Waals surface area contributed by atoms with Crippen LogP contribution in [0, 0.1) is 0 Å². The van der Waals surface area contributed by atoms with Gasteiger partial charge in [-0.25, -0.2) is 4.79 Å². The van der Waals surface area contributed by atoms with Crippen LogP contribution < -0.4 is 10.6 Å². The number of cyclic esters (lactones) is 1. The highest BCUT2D eigenvalue weighted by molar-refractivity contribution is 5.99. The smallest absolute Gasteiger partial charge is 0.436 e. The summed E-state index contributed by atoms with van der Waals surface area (Å²) in [6, 6.07) is 0. The lowest BCUT2D eigenvalue weighted by atomic mass is 10.1. The Morgan fingerprint density at radius 1 is 1.33 bits per heavy atom. The number of carbonyl (C=O) groups excluding carboxylic acids is 3. The fraction of sp³-hybridized carbons (Fsp3) is 0.667. The van der Waals surface area contributed by atoms with Crippen LogP contribution in [0.5, 0.6) is 0 Å². The summed E-state index contributed by atoms with van der Waals surface area (Å²) in [5.74, 6) is -2.55. The largest absolute Gasteiger partial charge is 0.471 e. The molecule has 0 radical (unpaired) electrons. The molecule has 102 valence electrons. The van der Waals surface area contributed by atoms with E-state index in [0.717, 1.165) is 0 Å². The third-order valence-corrected chi connectivity index (χ3v) is 2.20. The fourth-order valence-electron chi connectivity index (χ4n) is 1.34. The first-order valence-corrected chi connectivity index (χ1v) is 5.17. The van der Waals surface area contributed by atoms with Crippen molar-refractivity contribution in [2.75, 3.05) is 6.54 Å². The number of imide groups is 1. The molecule has 18 heavy (non-hydrogen) atoms. The number of alkyl carbamates (subject to hydrolysis) is 1. The topological polar surface area (TPSA) is 84.5 Å². The Kier molecular flexibility index (Phi) is 4.51. The molecule has 9 heteroatoms. The van der Waals surface area contributed by atoms with E-state index in [4.69, 9.17) is 0 Å². The normalized spacial score (nSPS) is 19.4. The van der Waals surface area contributed by atoms with Crippen LogP contribution in [0.25, 0.3) is 0 Å². The van der Waals surface area contributed by atoms with Gasteiger partial charge in [0.05, 0.1) is 0 Å². The zero-order valence-electron chi connectivity index (χ0n) is 9.17. The molecule has 0 aliphatic carbocycles. The van der Waals surface area contributed by atoms with Crippen LogP contribution >= 0.6 is 0 Å². The van der Waals surface area contributed by atoms with Crippen molar-refractivity contribution in [3.05, 3.63) is 0 Å². The maximum absolute atomic E-state index is 11.8. The second kappa shape index (κ2) is 5.69. The lowest BCUT2D eigenvalue weighted by Gasteiger charge is -2.08. The van der Waals surface area contributed by atoms with Crippen molar-refractivity contribution < 1.29 is 32.3 Å². The van der Waals surface area contributed by atoms with Crippen LogP contribution in [0.3, 0.4) is 0 Å². The number of amides is 3. The average Bonchev–Trinajstić information content (AvgIpc) is 2.55. The molecule has 1 heterocycles. The molecule has 1 fully saturated rings. The summed E-state index contributed by atoms with van der Waals surface area (Å²) >= 11 is 0. The molecule has 1 aliphatic heterocycles. The summed E-state index contributed by atoms with van der Waals surface area (Å²) in [6.07, 6.45) is -5.79. The van der Waals surface area contributed by atoms with Gasteiger partial charge in [0.1, 0.15) is 0 Å². The predicted molar refractivity (Wildman–Crippen MR) is 51.3 cm³/mol. The highest BCUT2D eigenvalue weighted by Crippen LogP contribution is 2.14. The molecule has 1 atom stereocenters. The van der Waals surface area contributed by atoms with E-state index in [1.807, 2.05) is 5.32 Å². The summed E-state index contributed by atoms with van der Waals surface area (Å²) in [5, 5.41) is 3.62. The highest BCUT2D eigenvalue weighted by atomic mass is 19.4. The van der Waals surface area contributed by atoms with Gasteiger partial charge in [0.2, 0.25) is 0 Å². The molecular formula is C9H11F3N2O4. The molecule has 6 nitrogen and oxygen atoms in total. The number of rotatable bonds is 5. The first kappa shape index (κ1) is 14.3. The van der Waals surface area contributed by atoms with Crippen molar-refractivity contribution >= 4 is 17.9 Å². The molecule has 0 saturated carbocycles. The minimum atomic E-state index is -4.89. The molecule has 1 rings (SSSR count). The molecular weight excluding hydrogens is 257 g/mol. The lowest BCUT2D eigenvalue weighted by molar-refractivity contribution is -0.173. The molecule has 0 spiro atoms. The van der Waals surface area contributed by atoms with Gasteiger partial charge in [-0.2, -0.15) is 13.2 Å². The standard InChI is InChI=1S/C9H11F3N2O4/c10-9(11,12)7(16)13-4-2-1-3-5-6(15)14-8(17)18-5/h5H,1-4H2,(H,13,16)(H,14,15,17)/t5-/m0/s1. The van der Waals surface area contributed by atoms with E-state index >= 15 is 0 Å². The van der Waals surface area contributed by atoms with Gasteiger partial charge >= 0.3 is 18.2 Å². The summed E-state index contributed by atoms with van der Waals surface area (Å²) in [4.78, 5) is 32.0. The van der Waals surface area contributed by atoms with Gasteiger partial charge in [-0.15, -0.1) is 0 Å². The Labute approximate surface area is 99.8 Å². The van der Waals surface area contributed by atoms with Gasteiger partial charge < -0.3 is 10.1 Å². The first-order valence-electron chi connectivity index (χ1n) is 5.17. The van der Waals surface area contributed by atoms with Crippen molar-refractivity contribution in [2.24, 2.45) is 0 Å². The number of hydrogen-bond acceptors (Lipinski definition) is 4. The van der Waals surface area contributed by atoms with Gasteiger partial charge in [0.15, 0.2) is 6.10 Å². The lowest BCUT2D eigenvalue weighted by Crippen LogP contribution is -2.37. The van der Waals surface area contributed by atoms with Gasteiger partial charge in [-0.05, 0) is 19.3 Å². The van der Waals surface area contributed by atoms with Crippen LogP contribution in [-0.2, 0) is 14.3 Å². The molecule has 0 aromatic carbocycles. The van der Waals surface area contributed by atoms with Gasteiger partial charge in [0.25, 0.3) is 5.91 Å². The van der Waals surface area contributed by atoms with Gasteiger partial charge in [-0.1, -0.05) is 0 Å². The van der Waals surface area contributed by atoms with Gasteiger partial charge in [0, 0.05) is 6.54 Å². The quantitative estimate of drug-likeness (QED) is 0.710. The summed E-state index contributed by atoms with van der Waals surface area (Å²) < 4.78 is 39.9. The van der Waals surface area contributed by atoms with E-state index < -0.39 is 30.2 Å². The molecule has 0 bridgehead atoms. The third kappa shape index (κ3) is 4.22. The van der Waals surface area contributed by atoms with Gasteiger partial charge in [-0.3, -0.25) is 14.9 Å². The minimum absolute atomic E-state index is 0.152. The predicted octanol–water partition coefficient (Wildman–Crippen LogP) is 0.470. The Balaban J connectivity index is 2.11. The number of halogens is 3. The third-order valence-electron chi connectivity index (χ3n) is 2.20. The Hall–Kier alpha value is -1.80. The van der Waals surface area contributed by atoms with Crippen LogP contribution in [0.4, 0.5) is 18.0 Å². The number of alkyl halides is 3. The number of hydrogen-bond donors (Lipinski definition) is 2. The molecule has 0 unspecified atom stereocenters. The van der Waals surface area contributed by atoms with Crippen LogP contribution in [0.1, 0.15) is 19.3 Å². The first-order chi connectivity index (χ1) is 8.30. The Morgan fingerprint density at radius 2 is 2.00 bits per heavy atom. The van der Waals surface area contributed by atoms with Crippen LogP contribution in [0.2, 0.25) is 0 Å².